The number of hydrogen-bond acceptors (Lipinski definition) is 6. The molecule has 6 rings (SSSR count). The first-order valence-electron chi connectivity index (χ1n) is 11.6. The molecular weight excluding hydrogens is 548 g/mol. The molecule has 0 saturated carbocycles. The van der Waals surface area contributed by atoms with Crippen molar-refractivity contribution in [1.29, 1.82) is 0 Å². The monoisotopic (exact) mass is 568 g/mol. The molecule has 9 heteroatoms. The highest BCUT2D eigenvalue weighted by molar-refractivity contribution is 9.10. The fourth-order valence-corrected chi connectivity index (χ4v) is 4.44. The summed E-state index contributed by atoms with van der Waals surface area (Å²) in [5, 5.41) is 20.9. The van der Waals surface area contributed by atoms with E-state index in [4.69, 9.17) is 0 Å². The first-order chi connectivity index (χ1) is 18.4. The molecule has 0 aliphatic carbocycles. The van der Waals surface area contributed by atoms with E-state index in [1.807, 2.05) is 66.7 Å². The van der Waals surface area contributed by atoms with Gasteiger partial charge in [-0.2, -0.15) is 0 Å². The number of nitrogens with zero attached hydrogens (tertiary/aromatic N) is 4. The van der Waals surface area contributed by atoms with Gasteiger partial charge in [-0.05, 0) is 65.1 Å². The predicted molar refractivity (Wildman–Crippen MR) is 149 cm³/mol. The second-order valence-electron chi connectivity index (χ2n) is 8.45. The Hall–Kier alpha value is -4.76. The Morgan fingerprint density at radius 3 is 1.92 bits per heavy atom. The van der Waals surface area contributed by atoms with Crippen molar-refractivity contribution in [2.45, 2.75) is 6.42 Å². The summed E-state index contributed by atoms with van der Waals surface area (Å²) in [5.41, 5.74) is 3.24. The van der Waals surface area contributed by atoms with Gasteiger partial charge in [0.15, 0.2) is 11.3 Å². The molecule has 188 valence electrons. The Bertz CT molecular complexity index is 1870. The van der Waals surface area contributed by atoms with Crippen LogP contribution in [0.25, 0.3) is 33.2 Å². The molecule has 0 amide bonds. The highest BCUT2D eigenvalue weighted by Crippen LogP contribution is 2.25. The van der Waals surface area contributed by atoms with Crippen molar-refractivity contribution in [2.24, 2.45) is 0 Å². The standard InChI is InChI=1S/C15H11BrN2O2.C14H10N2O2/c16-12-5-3-10(4-6-12)8-11-9-14(19)18(20)15-13(11)2-1-7-17-15;17-13-9-12(10-5-2-1-3-6-10)11-7-4-8-15-14(11)16(13)18/h1-7,9,20H,8H2;1-9,18H. The quantitative estimate of drug-likeness (QED) is 0.281. The average Bonchev–Trinajstić information content (AvgIpc) is 2.95. The van der Waals surface area contributed by atoms with Crippen molar-refractivity contribution in [3.8, 4) is 11.1 Å². The first kappa shape index (κ1) is 24.9. The fraction of sp³-hybridized carbons (Fsp3) is 0.0345. The Morgan fingerprint density at radius 2 is 1.26 bits per heavy atom. The third-order valence-electron chi connectivity index (χ3n) is 5.99. The maximum absolute atomic E-state index is 11.8. The lowest BCUT2D eigenvalue weighted by atomic mass is 10.0. The molecule has 0 aliphatic rings. The average molecular weight is 569 g/mol. The highest BCUT2D eigenvalue weighted by Gasteiger charge is 2.11. The summed E-state index contributed by atoms with van der Waals surface area (Å²) in [5.74, 6) is 0. The summed E-state index contributed by atoms with van der Waals surface area (Å²) < 4.78 is 2.17. The van der Waals surface area contributed by atoms with Crippen LogP contribution < -0.4 is 11.1 Å². The summed E-state index contributed by atoms with van der Waals surface area (Å²) in [6.45, 7) is 0. The molecule has 0 fully saturated rings. The number of pyridine rings is 4. The fourth-order valence-electron chi connectivity index (χ4n) is 4.18. The van der Waals surface area contributed by atoms with Gasteiger partial charge >= 0.3 is 0 Å². The molecule has 0 aliphatic heterocycles. The zero-order chi connectivity index (χ0) is 26.6. The highest BCUT2D eigenvalue weighted by atomic mass is 79.9. The molecule has 0 radical (unpaired) electrons. The molecule has 0 spiro atoms. The Balaban J connectivity index is 0.000000156. The maximum Gasteiger partial charge on any atom is 0.285 e. The summed E-state index contributed by atoms with van der Waals surface area (Å²) in [6, 6.07) is 27.6. The van der Waals surface area contributed by atoms with Crippen LogP contribution in [-0.2, 0) is 6.42 Å². The Kier molecular flexibility index (Phi) is 7.01. The smallest absolute Gasteiger partial charge is 0.285 e. The lowest BCUT2D eigenvalue weighted by Crippen LogP contribution is -2.19. The summed E-state index contributed by atoms with van der Waals surface area (Å²) in [6.07, 6.45) is 3.72. The third kappa shape index (κ3) is 5.05. The van der Waals surface area contributed by atoms with Gasteiger partial charge < -0.3 is 10.4 Å². The van der Waals surface area contributed by atoms with Crippen LogP contribution in [0, 0.1) is 0 Å². The molecule has 0 unspecified atom stereocenters. The molecule has 4 aromatic heterocycles. The van der Waals surface area contributed by atoms with Gasteiger partial charge in [-0.25, -0.2) is 9.97 Å². The van der Waals surface area contributed by atoms with Crippen LogP contribution >= 0.6 is 15.9 Å². The molecule has 0 bridgehead atoms. The topological polar surface area (TPSA) is 110 Å². The van der Waals surface area contributed by atoms with Crippen molar-refractivity contribution in [3.63, 3.8) is 0 Å². The van der Waals surface area contributed by atoms with Gasteiger partial charge in [-0.3, -0.25) is 9.59 Å². The minimum Gasteiger partial charge on any atom is -0.423 e. The van der Waals surface area contributed by atoms with E-state index in [0.29, 0.717) is 15.9 Å². The number of rotatable bonds is 3. The van der Waals surface area contributed by atoms with Gasteiger partial charge in [0.25, 0.3) is 11.1 Å². The van der Waals surface area contributed by atoms with Crippen LogP contribution in [0.2, 0.25) is 0 Å². The predicted octanol–water partition coefficient (Wildman–Crippen LogP) is 5.29. The van der Waals surface area contributed by atoms with Crippen LogP contribution in [0.5, 0.6) is 0 Å². The molecule has 0 saturated heterocycles. The molecule has 2 aromatic carbocycles. The van der Waals surface area contributed by atoms with Crippen LogP contribution in [-0.4, -0.2) is 29.8 Å². The lowest BCUT2D eigenvalue weighted by molar-refractivity contribution is 0.186. The van der Waals surface area contributed by atoms with Crippen LogP contribution in [0.1, 0.15) is 11.1 Å². The van der Waals surface area contributed by atoms with Crippen LogP contribution in [0.3, 0.4) is 0 Å². The first-order valence-corrected chi connectivity index (χ1v) is 12.4. The second-order valence-corrected chi connectivity index (χ2v) is 9.36. The van der Waals surface area contributed by atoms with E-state index in [1.165, 1.54) is 12.1 Å². The van der Waals surface area contributed by atoms with Crippen molar-refractivity contribution in [3.05, 3.63) is 140 Å². The number of fused-ring (bicyclic) bond motifs is 2. The number of benzene rings is 2. The summed E-state index contributed by atoms with van der Waals surface area (Å²) in [7, 11) is 0. The molecule has 8 nitrogen and oxygen atoms in total. The molecule has 4 heterocycles. The van der Waals surface area contributed by atoms with E-state index in [9.17, 15) is 20.0 Å². The van der Waals surface area contributed by atoms with E-state index < -0.39 is 11.1 Å². The SMILES string of the molecule is O=c1cc(-c2ccccc2)c2cccnc2n1O.O=c1cc(Cc2ccc(Br)cc2)c2cccnc2n1O. The largest absolute Gasteiger partial charge is 0.423 e. The van der Waals surface area contributed by atoms with E-state index in [1.54, 1.807) is 24.5 Å². The van der Waals surface area contributed by atoms with Crippen molar-refractivity contribution in [1.82, 2.24) is 19.4 Å². The van der Waals surface area contributed by atoms with Crippen LogP contribution in [0.15, 0.2) is 117 Å². The van der Waals surface area contributed by atoms with Gasteiger partial charge in [0, 0.05) is 39.8 Å². The summed E-state index contributed by atoms with van der Waals surface area (Å²) >= 11 is 3.40. The zero-order valence-electron chi connectivity index (χ0n) is 19.9. The van der Waals surface area contributed by atoms with Gasteiger partial charge in [0.05, 0.1) is 0 Å². The van der Waals surface area contributed by atoms with Crippen molar-refractivity contribution >= 4 is 38.0 Å². The van der Waals surface area contributed by atoms with Gasteiger partial charge in [0.1, 0.15) is 0 Å². The maximum atomic E-state index is 11.8. The van der Waals surface area contributed by atoms with Gasteiger partial charge in [-0.15, -0.1) is 9.46 Å². The minimum atomic E-state index is -0.486. The molecule has 6 aromatic rings. The van der Waals surface area contributed by atoms with Crippen molar-refractivity contribution in [2.75, 3.05) is 0 Å². The van der Waals surface area contributed by atoms with Crippen molar-refractivity contribution < 1.29 is 10.4 Å². The number of hydrogen-bond donors (Lipinski definition) is 2. The molecule has 0 atom stereocenters. The molecule has 2 N–H and O–H groups in total. The van der Waals surface area contributed by atoms with Gasteiger partial charge in [-0.1, -0.05) is 58.4 Å². The number of aromatic nitrogens is 4. The van der Waals surface area contributed by atoms with E-state index in [2.05, 4.69) is 25.9 Å². The van der Waals surface area contributed by atoms with E-state index in [-0.39, 0.29) is 11.3 Å². The second kappa shape index (κ2) is 10.7. The summed E-state index contributed by atoms with van der Waals surface area (Å²) in [4.78, 5) is 31.6. The molecule has 38 heavy (non-hydrogen) atoms. The number of halogens is 1. The lowest BCUT2D eigenvalue weighted by Gasteiger charge is -2.08. The van der Waals surface area contributed by atoms with Gasteiger partial charge in [0.2, 0.25) is 0 Å². The van der Waals surface area contributed by atoms with E-state index in [0.717, 1.165) is 37.5 Å². The zero-order valence-corrected chi connectivity index (χ0v) is 21.5. The minimum absolute atomic E-state index is 0.267. The van der Waals surface area contributed by atoms with E-state index >= 15 is 0 Å². The Labute approximate surface area is 224 Å². The normalized spacial score (nSPS) is 10.8. The van der Waals surface area contributed by atoms with Crippen LogP contribution in [0.4, 0.5) is 0 Å². The third-order valence-corrected chi connectivity index (χ3v) is 6.52. The molecular formula is C29H21BrN4O4. The Morgan fingerprint density at radius 1 is 0.684 bits per heavy atom.